The Morgan fingerprint density at radius 1 is 1.62 bits per heavy atom. The molecule has 1 aliphatic rings. The second-order valence-electron chi connectivity index (χ2n) is 2.97. The van der Waals surface area contributed by atoms with E-state index in [9.17, 15) is 4.79 Å². The van der Waals surface area contributed by atoms with Gasteiger partial charge in [0.15, 0.2) is 0 Å². The van der Waals surface area contributed by atoms with Gasteiger partial charge in [0.25, 0.3) is 0 Å². The largest absolute Gasteiger partial charge is 0.449 e. The number of thiophene rings is 1. The van der Waals surface area contributed by atoms with E-state index in [-0.39, 0.29) is 6.09 Å². The van der Waals surface area contributed by atoms with Crippen LogP contribution in [0.15, 0.2) is 17.5 Å². The molecule has 0 aromatic carbocycles. The van der Waals surface area contributed by atoms with Gasteiger partial charge in [0.05, 0.1) is 13.2 Å². The van der Waals surface area contributed by atoms with E-state index >= 15 is 0 Å². The summed E-state index contributed by atoms with van der Waals surface area (Å²) in [6.07, 6.45) is 0.761. The monoisotopic (exact) mass is 197 g/mol. The highest BCUT2D eigenvalue weighted by atomic mass is 32.1. The Labute approximate surface area is 80.9 Å². The van der Waals surface area contributed by atoms with E-state index in [0.717, 1.165) is 13.0 Å². The van der Waals surface area contributed by atoms with Crippen LogP contribution in [0.25, 0.3) is 0 Å². The standard InChI is InChI=1S/C9H11NO2S/c11-9-10(4-2-5-12-9)7-8-3-1-6-13-8/h1,3,6H,2,4-5,7H2. The van der Waals surface area contributed by atoms with Gasteiger partial charge in [0.1, 0.15) is 0 Å². The van der Waals surface area contributed by atoms with E-state index in [2.05, 4.69) is 0 Å². The van der Waals surface area contributed by atoms with Crippen molar-refractivity contribution in [2.45, 2.75) is 13.0 Å². The molecule has 1 aromatic rings. The Bertz CT molecular complexity index is 284. The van der Waals surface area contributed by atoms with E-state index in [4.69, 9.17) is 4.74 Å². The molecule has 0 aliphatic carbocycles. The molecule has 1 saturated heterocycles. The van der Waals surface area contributed by atoms with E-state index in [1.54, 1.807) is 16.2 Å². The number of hydrogen-bond acceptors (Lipinski definition) is 3. The molecule has 3 nitrogen and oxygen atoms in total. The Hall–Kier alpha value is -1.03. The van der Waals surface area contributed by atoms with Gasteiger partial charge in [-0.3, -0.25) is 0 Å². The van der Waals surface area contributed by atoms with Crippen LogP contribution in [0.1, 0.15) is 11.3 Å². The van der Waals surface area contributed by atoms with Gasteiger partial charge in [-0.1, -0.05) is 6.07 Å². The first-order chi connectivity index (χ1) is 6.36. The van der Waals surface area contributed by atoms with Gasteiger partial charge in [0, 0.05) is 11.4 Å². The minimum absolute atomic E-state index is 0.181. The lowest BCUT2D eigenvalue weighted by atomic mass is 10.3. The maximum Gasteiger partial charge on any atom is 0.410 e. The fourth-order valence-corrected chi connectivity index (χ4v) is 2.05. The highest BCUT2D eigenvalue weighted by Crippen LogP contribution is 2.14. The highest BCUT2D eigenvalue weighted by molar-refractivity contribution is 7.09. The molecule has 70 valence electrons. The lowest BCUT2D eigenvalue weighted by molar-refractivity contribution is 0.0704. The number of ether oxygens (including phenoxy) is 1. The van der Waals surface area contributed by atoms with E-state index in [1.165, 1.54) is 4.88 Å². The van der Waals surface area contributed by atoms with Crippen LogP contribution in [0.4, 0.5) is 4.79 Å². The van der Waals surface area contributed by atoms with Crippen LogP contribution in [-0.2, 0) is 11.3 Å². The molecule has 0 radical (unpaired) electrons. The number of rotatable bonds is 2. The lowest BCUT2D eigenvalue weighted by Crippen LogP contribution is -2.36. The van der Waals surface area contributed by atoms with Gasteiger partial charge in [-0.25, -0.2) is 4.79 Å². The minimum Gasteiger partial charge on any atom is -0.449 e. The van der Waals surface area contributed by atoms with Crippen molar-refractivity contribution in [2.24, 2.45) is 0 Å². The molecule has 0 atom stereocenters. The second kappa shape index (κ2) is 3.79. The van der Waals surface area contributed by atoms with Gasteiger partial charge in [0.2, 0.25) is 0 Å². The van der Waals surface area contributed by atoms with E-state index in [1.807, 2.05) is 17.5 Å². The van der Waals surface area contributed by atoms with Crippen molar-refractivity contribution >= 4 is 17.4 Å². The summed E-state index contributed by atoms with van der Waals surface area (Å²) in [5.41, 5.74) is 0. The summed E-state index contributed by atoms with van der Waals surface area (Å²) in [5, 5.41) is 2.02. The average Bonchev–Trinajstić information content (AvgIpc) is 2.61. The first-order valence-electron chi connectivity index (χ1n) is 4.30. The molecule has 1 aromatic heterocycles. The van der Waals surface area contributed by atoms with Crippen LogP contribution >= 0.6 is 11.3 Å². The van der Waals surface area contributed by atoms with Crippen LogP contribution < -0.4 is 0 Å². The van der Waals surface area contributed by atoms with Gasteiger partial charge in [-0.05, 0) is 17.9 Å². The zero-order chi connectivity index (χ0) is 9.10. The molecule has 0 bridgehead atoms. The summed E-state index contributed by atoms with van der Waals surface area (Å²) in [7, 11) is 0. The van der Waals surface area contributed by atoms with E-state index in [0.29, 0.717) is 13.2 Å². The number of nitrogens with zero attached hydrogens (tertiary/aromatic N) is 1. The third-order valence-corrected chi connectivity index (χ3v) is 2.84. The average molecular weight is 197 g/mol. The molecule has 1 amide bonds. The fourth-order valence-electron chi connectivity index (χ4n) is 1.33. The van der Waals surface area contributed by atoms with E-state index < -0.39 is 0 Å². The summed E-state index contributed by atoms with van der Waals surface area (Å²) in [6, 6.07) is 4.03. The molecule has 0 spiro atoms. The number of carbonyl (C=O) groups is 1. The summed E-state index contributed by atoms with van der Waals surface area (Å²) < 4.78 is 4.93. The molecule has 1 fully saturated rings. The van der Waals surface area contributed by atoms with Gasteiger partial charge >= 0.3 is 6.09 Å². The molecule has 0 N–H and O–H groups in total. The predicted molar refractivity (Wildman–Crippen MR) is 50.7 cm³/mol. The van der Waals surface area contributed by atoms with Crippen LogP contribution in [0, 0.1) is 0 Å². The van der Waals surface area contributed by atoms with Crippen molar-refractivity contribution in [3.63, 3.8) is 0 Å². The quantitative estimate of drug-likeness (QED) is 0.726. The predicted octanol–water partition coefficient (Wildman–Crippen LogP) is 2.09. The maximum atomic E-state index is 11.2. The molecule has 1 aliphatic heterocycles. The molecule has 13 heavy (non-hydrogen) atoms. The van der Waals surface area contributed by atoms with Crippen LogP contribution in [-0.4, -0.2) is 24.1 Å². The van der Waals surface area contributed by atoms with Crippen molar-refractivity contribution in [1.29, 1.82) is 0 Å². The zero-order valence-electron chi connectivity index (χ0n) is 7.23. The fraction of sp³-hybridized carbons (Fsp3) is 0.444. The summed E-state index contributed by atoms with van der Waals surface area (Å²) >= 11 is 1.67. The smallest absolute Gasteiger partial charge is 0.410 e. The van der Waals surface area contributed by atoms with Crippen molar-refractivity contribution in [2.75, 3.05) is 13.2 Å². The summed E-state index contributed by atoms with van der Waals surface area (Å²) in [6.45, 7) is 2.08. The number of cyclic esters (lactones) is 1. The molecule has 2 heterocycles. The third kappa shape index (κ3) is 2.01. The Morgan fingerprint density at radius 3 is 3.23 bits per heavy atom. The Balaban J connectivity index is 1.97. The maximum absolute atomic E-state index is 11.2. The topological polar surface area (TPSA) is 29.5 Å². The molecular weight excluding hydrogens is 186 g/mol. The van der Waals surface area contributed by atoms with Crippen molar-refractivity contribution in [3.8, 4) is 0 Å². The molecule has 2 rings (SSSR count). The Kier molecular flexibility index (Phi) is 2.49. The summed E-state index contributed by atoms with van der Waals surface area (Å²) in [4.78, 5) is 14.2. The number of hydrogen-bond donors (Lipinski definition) is 0. The molecular formula is C9H11NO2S. The van der Waals surface area contributed by atoms with Crippen LogP contribution in [0.5, 0.6) is 0 Å². The third-order valence-electron chi connectivity index (χ3n) is 1.98. The van der Waals surface area contributed by atoms with Gasteiger partial charge in [-0.15, -0.1) is 11.3 Å². The lowest BCUT2D eigenvalue weighted by Gasteiger charge is -2.25. The SMILES string of the molecule is O=C1OCCCN1Cc1cccs1. The first-order valence-corrected chi connectivity index (χ1v) is 5.18. The second-order valence-corrected chi connectivity index (χ2v) is 4.00. The van der Waals surface area contributed by atoms with Crippen molar-refractivity contribution in [3.05, 3.63) is 22.4 Å². The van der Waals surface area contributed by atoms with Crippen LogP contribution in [0.2, 0.25) is 0 Å². The zero-order valence-corrected chi connectivity index (χ0v) is 8.05. The molecule has 0 unspecified atom stereocenters. The van der Waals surface area contributed by atoms with Crippen molar-refractivity contribution < 1.29 is 9.53 Å². The molecule has 0 saturated carbocycles. The van der Waals surface area contributed by atoms with Crippen LogP contribution in [0.3, 0.4) is 0 Å². The van der Waals surface area contributed by atoms with Crippen molar-refractivity contribution in [1.82, 2.24) is 4.90 Å². The number of amides is 1. The normalized spacial score (nSPS) is 17.2. The minimum atomic E-state index is -0.181. The highest BCUT2D eigenvalue weighted by Gasteiger charge is 2.19. The summed E-state index contributed by atoms with van der Waals surface area (Å²) in [5.74, 6) is 0. The van der Waals surface area contributed by atoms with Gasteiger partial charge in [-0.2, -0.15) is 0 Å². The first kappa shape index (κ1) is 8.56. The Morgan fingerprint density at radius 2 is 2.54 bits per heavy atom. The molecule has 4 heteroatoms. The van der Waals surface area contributed by atoms with Gasteiger partial charge < -0.3 is 9.64 Å². The number of carbonyl (C=O) groups excluding carboxylic acids is 1.